The second kappa shape index (κ2) is 5.59. The summed E-state index contributed by atoms with van der Waals surface area (Å²) in [5.41, 5.74) is 3.79. The van der Waals surface area contributed by atoms with Gasteiger partial charge in [0.2, 0.25) is 0 Å². The standard InChI is InChI=1S/C22H23N3O2/c1-14-11-23-20(26)18-17(13-24(2)19(14)18)21(27)25-9-8-22(10-16(22)12-25)15-6-4-3-5-7-15/h3-7,11,13,16H,8-10,12H2,1-2H3,(H,23,26). The Balaban J connectivity index is 1.45. The van der Waals surface area contributed by atoms with Crippen LogP contribution in [0.5, 0.6) is 0 Å². The van der Waals surface area contributed by atoms with Crippen molar-refractivity contribution >= 4 is 16.8 Å². The number of pyridine rings is 1. The number of piperidine rings is 1. The second-order valence-corrected chi connectivity index (χ2v) is 8.10. The molecule has 5 nitrogen and oxygen atoms in total. The van der Waals surface area contributed by atoms with Crippen molar-refractivity contribution in [1.82, 2.24) is 14.5 Å². The van der Waals surface area contributed by atoms with Crippen LogP contribution in [0.25, 0.3) is 10.9 Å². The minimum absolute atomic E-state index is 0.0229. The smallest absolute Gasteiger partial charge is 0.258 e. The molecule has 3 heterocycles. The number of benzene rings is 1. The number of likely N-dealkylation sites (tertiary alicyclic amines) is 1. The average Bonchev–Trinajstić information content (AvgIpc) is 3.33. The van der Waals surface area contributed by atoms with Gasteiger partial charge in [0.1, 0.15) is 0 Å². The van der Waals surface area contributed by atoms with Crippen LogP contribution in [0.4, 0.5) is 0 Å². The summed E-state index contributed by atoms with van der Waals surface area (Å²) in [7, 11) is 1.89. The summed E-state index contributed by atoms with van der Waals surface area (Å²) in [6.45, 7) is 3.46. The maximum absolute atomic E-state index is 13.3. The van der Waals surface area contributed by atoms with E-state index in [0.717, 1.165) is 37.0 Å². The summed E-state index contributed by atoms with van der Waals surface area (Å²) < 4.78 is 1.89. The number of rotatable bonds is 2. The molecule has 1 aromatic carbocycles. The Morgan fingerprint density at radius 1 is 1.26 bits per heavy atom. The summed E-state index contributed by atoms with van der Waals surface area (Å²) >= 11 is 0. The molecule has 2 aliphatic rings. The third kappa shape index (κ3) is 2.30. The van der Waals surface area contributed by atoms with Crippen LogP contribution in [0.15, 0.2) is 47.5 Å². The van der Waals surface area contributed by atoms with Gasteiger partial charge >= 0.3 is 0 Å². The lowest BCUT2D eigenvalue weighted by Gasteiger charge is -2.32. The van der Waals surface area contributed by atoms with Gasteiger partial charge in [-0.2, -0.15) is 0 Å². The molecule has 1 N–H and O–H groups in total. The molecule has 1 aliphatic heterocycles. The number of fused-ring (bicyclic) bond motifs is 2. The van der Waals surface area contributed by atoms with E-state index in [0.29, 0.717) is 16.9 Å². The maximum atomic E-state index is 13.3. The highest BCUT2D eigenvalue weighted by atomic mass is 16.2. The topological polar surface area (TPSA) is 58.1 Å². The Bertz CT molecular complexity index is 1110. The van der Waals surface area contributed by atoms with Crippen molar-refractivity contribution in [1.29, 1.82) is 0 Å². The summed E-state index contributed by atoms with van der Waals surface area (Å²) in [4.78, 5) is 30.4. The molecule has 1 amide bonds. The Labute approximate surface area is 157 Å². The fourth-order valence-corrected chi connectivity index (χ4v) is 5.05. The lowest BCUT2D eigenvalue weighted by molar-refractivity contribution is 0.0709. The van der Waals surface area contributed by atoms with E-state index in [1.165, 1.54) is 5.56 Å². The van der Waals surface area contributed by atoms with Crippen LogP contribution < -0.4 is 5.56 Å². The first-order chi connectivity index (χ1) is 13.0. The third-order valence-corrected chi connectivity index (χ3v) is 6.57. The Morgan fingerprint density at radius 3 is 2.78 bits per heavy atom. The van der Waals surface area contributed by atoms with Crippen LogP contribution in [0, 0.1) is 12.8 Å². The lowest BCUT2D eigenvalue weighted by atomic mass is 9.87. The molecule has 138 valence electrons. The van der Waals surface area contributed by atoms with E-state index in [9.17, 15) is 9.59 Å². The molecular weight excluding hydrogens is 338 g/mol. The van der Waals surface area contributed by atoms with Gasteiger partial charge in [-0.15, -0.1) is 0 Å². The first-order valence-corrected chi connectivity index (χ1v) is 9.53. The summed E-state index contributed by atoms with van der Waals surface area (Å²) in [5, 5.41) is 0.512. The highest BCUT2D eigenvalue weighted by Gasteiger charge is 2.57. The summed E-state index contributed by atoms with van der Waals surface area (Å²) in [6, 6.07) is 10.7. The zero-order valence-corrected chi connectivity index (χ0v) is 15.7. The molecule has 0 spiro atoms. The number of hydrogen-bond donors (Lipinski definition) is 1. The number of aromatic amines is 1. The van der Waals surface area contributed by atoms with Gasteiger partial charge in [-0.3, -0.25) is 9.59 Å². The first kappa shape index (κ1) is 16.4. The van der Waals surface area contributed by atoms with Gasteiger partial charge in [0.25, 0.3) is 11.5 Å². The normalized spacial score (nSPS) is 24.1. The molecule has 1 aliphatic carbocycles. The molecule has 5 heteroatoms. The van der Waals surface area contributed by atoms with Gasteiger partial charge < -0.3 is 14.5 Å². The molecule has 0 radical (unpaired) electrons. The first-order valence-electron chi connectivity index (χ1n) is 9.53. The van der Waals surface area contributed by atoms with Crippen LogP contribution in [-0.4, -0.2) is 33.4 Å². The van der Waals surface area contributed by atoms with Gasteiger partial charge in [0, 0.05) is 37.9 Å². The van der Waals surface area contributed by atoms with Crippen molar-refractivity contribution in [3.05, 3.63) is 69.8 Å². The van der Waals surface area contributed by atoms with Crippen molar-refractivity contribution in [2.45, 2.75) is 25.2 Å². The van der Waals surface area contributed by atoms with E-state index < -0.39 is 0 Å². The predicted octanol–water partition coefficient (Wildman–Crippen LogP) is 2.98. The van der Waals surface area contributed by atoms with Crippen molar-refractivity contribution in [3.63, 3.8) is 0 Å². The van der Waals surface area contributed by atoms with E-state index in [2.05, 4.69) is 35.3 Å². The van der Waals surface area contributed by atoms with Crippen molar-refractivity contribution in [3.8, 4) is 0 Å². The summed E-state index contributed by atoms with van der Waals surface area (Å²) in [5.74, 6) is 0.498. The largest absolute Gasteiger partial charge is 0.349 e. The minimum Gasteiger partial charge on any atom is -0.349 e. The molecule has 2 atom stereocenters. The zero-order valence-electron chi connectivity index (χ0n) is 15.7. The number of nitrogens with zero attached hydrogens (tertiary/aromatic N) is 2. The zero-order chi connectivity index (χ0) is 18.8. The van der Waals surface area contributed by atoms with Crippen LogP contribution in [0.3, 0.4) is 0 Å². The van der Waals surface area contributed by atoms with Crippen molar-refractivity contribution < 1.29 is 4.79 Å². The molecule has 0 bridgehead atoms. The number of hydrogen-bond acceptors (Lipinski definition) is 2. The Morgan fingerprint density at radius 2 is 2.04 bits per heavy atom. The second-order valence-electron chi connectivity index (χ2n) is 8.10. The van der Waals surface area contributed by atoms with Gasteiger partial charge in [-0.1, -0.05) is 30.3 Å². The molecule has 2 fully saturated rings. The van der Waals surface area contributed by atoms with Crippen molar-refractivity contribution in [2.24, 2.45) is 13.0 Å². The Hall–Kier alpha value is -2.82. The predicted molar refractivity (Wildman–Crippen MR) is 105 cm³/mol. The highest BCUT2D eigenvalue weighted by Crippen LogP contribution is 2.59. The fraction of sp³-hybridized carbons (Fsp3) is 0.364. The van der Waals surface area contributed by atoms with Gasteiger partial charge in [-0.25, -0.2) is 0 Å². The monoisotopic (exact) mass is 361 g/mol. The van der Waals surface area contributed by atoms with Gasteiger partial charge in [0.15, 0.2) is 0 Å². The molecule has 5 rings (SSSR count). The molecule has 2 unspecified atom stereocenters. The fourth-order valence-electron chi connectivity index (χ4n) is 5.05. The molecule has 3 aromatic rings. The molecule has 2 aromatic heterocycles. The van der Waals surface area contributed by atoms with E-state index in [-0.39, 0.29) is 16.9 Å². The van der Waals surface area contributed by atoms with Crippen LogP contribution in [0.1, 0.15) is 34.3 Å². The van der Waals surface area contributed by atoms with E-state index >= 15 is 0 Å². The molecular formula is C22H23N3O2. The summed E-state index contributed by atoms with van der Waals surface area (Å²) in [6.07, 6.45) is 5.66. The number of carbonyl (C=O) groups excluding carboxylic acids is 1. The molecule has 27 heavy (non-hydrogen) atoms. The van der Waals surface area contributed by atoms with E-state index in [4.69, 9.17) is 0 Å². The minimum atomic E-state index is -0.193. The van der Waals surface area contributed by atoms with Gasteiger partial charge in [-0.05, 0) is 36.8 Å². The van der Waals surface area contributed by atoms with Gasteiger partial charge in [0.05, 0.1) is 16.5 Å². The number of aryl methyl sites for hydroxylation is 2. The number of amides is 1. The van der Waals surface area contributed by atoms with E-state index in [1.807, 2.05) is 23.4 Å². The number of nitrogens with one attached hydrogen (secondary N) is 1. The third-order valence-electron chi connectivity index (χ3n) is 6.57. The molecule has 1 saturated heterocycles. The van der Waals surface area contributed by atoms with Crippen LogP contribution in [0.2, 0.25) is 0 Å². The van der Waals surface area contributed by atoms with E-state index in [1.54, 1.807) is 12.4 Å². The SMILES string of the molecule is Cc1c[nH]c(=O)c2c(C(=O)N3CCC4(c5ccccc5)CC4C3)cn(C)c12. The highest BCUT2D eigenvalue weighted by molar-refractivity contribution is 6.07. The maximum Gasteiger partial charge on any atom is 0.258 e. The quantitative estimate of drug-likeness (QED) is 0.763. The van der Waals surface area contributed by atoms with Crippen LogP contribution >= 0.6 is 0 Å². The van der Waals surface area contributed by atoms with Crippen LogP contribution in [-0.2, 0) is 12.5 Å². The lowest BCUT2D eigenvalue weighted by Crippen LogP contribution is -2.40. The number of H-pyrrole nitrogens is 1. The number of aromatic nitrogens is 2. The average molecular weight is 361 g/mol. The molecule has 1 saturated carbocycles. The Kier molecular flexibility index (Phi) is 3.39. The van der Waals surface area contributed by atoms with Crippen molar-refractivity contribution in [2.75, 3.05) is 13.1 Å². The number of carbonyl (C=O) groups is 1.